The van der Waals surface area contributed by atoms with Crippen LogP contribution in [-0.4, -0.2) is 44.2 Å². The van der Waals surface area contributed by atoms with Gasteiger partial charge < -0.3 is 15.5 Å². The fourth-order valence-corrected chi connectivity index (χ4v) is 3.76. The zero-order chi connectivity index (χ0) is 17.2. The molecule has 0 spiro atoms. The minimum Gasteiger partial charge on any atom is -0.382 e. The molecule has 0 bridgehead atoms. The van der Waals surface area contributed by atoms with E-state index in [-0.39, 0.29) is 0 Å². The average Bonchev–Trinajstić information content (AvgIpc) is 2.65. The Labute approximate surface area is 154 Å². The molecule has 0 aliphatic carbocycles. The maximum atomic E-state index is 6.28. The molecular formula is C20H25ClN4. The molecule has 132 valence electrons. The molecule has 2 aromatic carbocycles. The molecule has 2 aliphatic heterocycles. The SMILES string of the molecule is Cc1ccc(N2CCN(Cc3ccc4c(c3)NCCN4)CC2)cc1Cl. The molecular weight excluding hydrogens is 332 g/mol. The first-order valence-corrected chi connectivity index (χ1v) is 9.41. The van der Waals surface area contributed by atoms with Crippen LogP contribution < -0.4 is 15.5 Å². The van der Waals surface area contributed by atoms with E-state index in [1.165, 1.54) is 22.6 Å². The summed E-state index contributed by atoms with van der Waals surface area (Å²) in [6, 6.07) is 13.1. The standard InChI is InChI=1S/C20H25ClN4/c1-15-2-4-17(13-18(15)21)25-10-8-24(9-11-25)14-16-3-5-19-20(12-16)23-7-6-22-19/h2-5,12-13,22-23H,6-11,14H2,1H3. The van der Waals surface area contributed by atoms with Crippen molar-refractivity contribution in [1.82, 2.24) is 4.90 Å². The molecule has 0 atom stereocenters. The minimum atomic E-state index is 0.857. The number of aryl methyl sites for hydroxylation is 1. The molecule has 2 N–H and O–H groups in total. The molecule has 0 aromatic heterocycles. The van der Waals surface area contributed by atoms with E-state index >= 15 is 0 Å². The number of rotatable bonds is 3. The fourth-order valence-electron chi connectivity index (χ4n) is 3.59. The summed E-state index contributed by atoms with van der Waals surface area (Å²) in [5.74, 6) is 0. The molecule has 5 heteroatoms. The summed E-state index contributed by atoms with van der Waals surface area (Å²) in [6.07, 6.45) is 0. The van der Waals surface area contributed by atoms with Crippen molar-refractivity contribution in [3.05, 3.63) is 52.5 Å². The zero-order valence-electron chi connectivity index (χ0n) is 14.7. The first-order chi connectivity index (χ1) is 12.2. The van der Waals surface area contributed by atoms with Crippen molar-refractivity contribution in [2.75, 3.05) is 54.8 Å². The Bertz CT molecular complexity index is 753. The van der Waals surface area contributed by atoms with Crippen LogP contribution in [0.5, 0.6) is 0 Å². The van der Waals surface area contributed by atoms with Crippen molar-refractivity contribution in [1.29, 1.82) is 0 Å². The lowest BCUT2D eigenvalue weighted by Crippen LogP contribution is -2.46. The molecule has 0 radical (unpaired) electrons. The summed E-state index contributed by atoms with van der Waals surface area (Å²) in [5.41, 5.74) is 6.20. The van der Waals surface area contributed by atoms with E-state index in [0.717, 1.165) is 56.4 Å². The van der Waals surface area contributed by atoms with Crippen molar-refractivity contribution in [2.45, 2.75) is 13.5 Å². The summed E-state index contributed by atoms with van der Waals surface area (Å²) in [7, 11) is 0. The smallest absolute Gasteiger partial charge is 0.0579 e. The third-order valence-corrected chi connectivity index (χ3v) is 5.55. The number of fused-ring (bicyclic) bond motifs is 1. The summed E-state index contributed by atoms with van der Waals surface area (Å²) >= 11 is 6.28. The minimum absolute atomic E-state index is 0.857. The van der Waals surface area contributed by atoms with Gasteiger partial charge in [0, 0.05) is 56.5 Å². The second-order valence-electron chi connectivity index (χ2n) is 6.93. The molecule has 2 aliphatic rings. The van der Waals surface area contributed by atoms with Crippen molar-refractivity contribution < 1.29 is 0 Å². The highest BCUT2D eigenvalue weighted by atomic mass is 35.5. The van der Waals surface area contributed by atoms with Crippen molar-refractivity contribution in [3.8, 4) is 0 Å². The predicted molar refractivity (Wildman–Crippen MR) is 107 cm³/mol. The van der Waals surface area contributed by atoms with E-state index in [2.05, 4.69) is 56.8 Å². The topological polar surface area (TPSA) is 30.5 Å². The van der Waals surface area contributed by atoms with Crippen molar-refractivity contribution in [3.63, 3.8) is 0 Å². The lowest BCUT2D eigenvalue weighted by atomic mass is 10.1. The van der Waals surface area contributed by atoms with Gasteiger partial charge in [-0.25, -0.2) is 0 Å². The second kappa shape index (κ2) is 7.14. The Morgan fingerprint density at radius 3 is 2.44 bits per heavy atom. The molecule has 4 nitrogen and oxygen atoms in total. The molecule has 2 heterocycles. The van der Waals surface area contributed by atoms with Gasteiger partial charge in [0.15, 0.2) is 0 Å². The summed E-state index contributed by atoms with van der Waals surface area (Å²) in [4.78, 5) is 4.96. The molecule has 1 fully saturated rings. The highest BCUT2D eigenvalue weighted by molar-refractivity contribution is 6.31. The van der Waals surface area contributed by atoms with Gasteiger partial charge in [-0.1, -0.05) is 23.7 Å². The highest BCUT2D eigenvalue weighted by Gasteiger charge is 2.18. The van der Waals surface area contributed by atoms with Gasteiger partial charge in [-0.15, -0.1) is 0 Å². The van der Waals surface area contributed by atoms with Crippen LogP contribution in [0.4, 0.5) is 17.1 Å². The lowest BCUT2D eigenvalue weighted by molar-refractivity contribution is 0.250. The van der Waals surface area contributed by atoms with Crippen molar-refractivity contribution in [2.24, 2.45) is 0 Å². The Hall–Kier alpha value is -1.91. The molecule has 25 heavy (non-hydrogen) atoms. The number of hydrogen-bond acceptors (Lipinski definition) is 4. The Kier molecular flexibility index (Phi) is 4.73. The van der Waals surface area contributed by atoms with Crippen LogP contribution in [0.15, 0.2) is 36.4 Å². The molecule has 2 aromatic rings. The average molecular weight is 357 g/mol. The zero-order valence-corrected chi connectivity index (χ0v) is 15.4. The van der Waals surface area contributed by atoms with E-state index in [1.54, 1.807) is 0 Å². The number of halogens is 1. The van der Waals surface area contributed by atoms with Gasteiger partial charge in [0.1, 0.15) is 0 Å². The van der Waals surface area contributed by atoms with Gasteiger partial charge in [0.05, 0.1) is 11.4 Å². The molecule has 0 amide bonds. The van der Waals surface area contributed by atoms with Crippen LogP contribution in [0, 0.1) is 6.92 Å². The number of anilines is 3. The van der Waals surface area contributed by atoms with Crippen molar-refractivity contribution >= 4 is 28.7 Å². The Balaban J connectivity index is 1.36. The maximum Gasteiger partial charge on any atom is 0.0579 e. The van der Waals surface area contributed by atoms with Crippen LogP contribution in [0.2, 0.25) is 5.02 Å². The lowest BCUT2D eigenvalue weighted by Gasteiger charge is -2.36. The largest absolute Gasteiger partial charge is 0.382 e. The van der Waals surface area contributed by atoms with E-state index in [1.807, 2.05) is 6.92 Å². The summed E-state index contributed by atoms with van der Waals surface area (Å²) in [5, 5.41) is 7.77. The van der Waals surface area contributed by atoms with Gasteiger partial charge in [-0.05, 0) is 42.3 Å². The maximum absolute atomic E-state index is 6.28. The first-order valence-electron chi connectivity index (χ1n) is 9.03. The van der Waals surface area contributed by atoms with E-state index in [4.69, 9.17) is 11.6 Å². The van der Waals surface area contributed by atoms with E-state index < -0.39 is 0 Å². The Morgan fingerprint density at radius 1 is 0.920 bits per heavy atom. The van der Waals surface area contributed by atoms with Crippen LogP contribution >= 0.6 is 11.6 Å². The van der Waals surface area contributed by atoms with Gasteiger partial charge in [-0.3, -0.25) is 4.90 Å². The molecule has 0 unspecified atom stereocenters. The number of hydrogen-bond donors (Lipinski definition) is 2. The van der Waals surface area contributed by atoms with Gasteiger partial charge in [0.25, 0.3) is 0 Å². The van der Waals surface area contributed by atoms with Crippen LogP contribution in [0.1, 0.15) is 11.1 Å². The summed E-state index contributed by atoms with van der Waals surface area (Å²) < 4.78 is 0. The van der Waals surface area contributed by atoms with Gasteiger partial charge in [0.2, 0.25) is 0 Å². The molecule has 1 saturated heterocycles. The van der Waals surface area contributed by atoms with Gasteiger partial charge in [-0.2, -0.15) is 0 Å². The third kappa shape index (κ3) is 3.70. The predicted octanol–water partition coefficient (Wildman–Crippen LogP) is 3.81. The van der Waals surface area contributed by atoms with Crippen LogP contribution in [-0.2, 0) is 6.54 Å². The molecule has 4 rings (SSSR count). The first kappa shape index (κ1) is 16.6. The quantitative estimate of drug-likeness (QED) is 0.875. The van der Waals surface area contributed by atoms with Gasteiger partial charge >= 0.3 is 0 Å². The number of benzene rings is 2. The van der Waals surface area contributed by atoms with E-state index in [0.29, 0.717) is 0 Å². The second-order valence-corrected chi connectivity index (χ2v) is 7.34. The fraction of sp³-hybridized carbons (Fsp3) is 0.400. The Morgan fingerprint density at radius 2 is 1.68 bits per heavy atom. The summed E-state index contributed by atoms with van der Waals surface area (Å²) in [6.45, 7) is 9.30. The number of nitrogens with zero attached hydrogens (tertiary/aromatic N) is 2. The van der Waals surface area contributed by atoms with Crippen LogP contribution in [0.3, 0.4) is 0 Å². The monoisotopic (exact) mass is 356 g/mol. The highest BCUT2D eigenvalue weighted by Crippen LogP contribution is 2.27. The number of piperazine rings is 1. The molecule has 0 saturated carbocycles. The van der Waals surface area contributed by atoms with Crippen LogP contribution in [0.25, 0.3) is 0 Å². The van der Waals surface area contributed by atoms with E-state index in [9.17, 15) is 0 Å². The normalized spacial score (nSPS) is 17.6. The third-order valence-electron chi connectivity index (χ3n) is 5.14. The number of nitrogens with one attached hydrogen (secondary N) is 2.